The lowest BCUT2D eigenvalue weighted by Gasteiger charge is -2.30. The fourth-order valence-corrected chi connectivity index (χ4v) is 8.95. The summed E-state index contributed by atoms with van der Waals surface area (Å²) in [5.41, 5.74) is 0. The van der Waals surface area contributed by atoms with E-state index < -0.39 is 26.6 Å². The van der Waals surface area contributed by atoms with E-state index in [2.05, 4.69) is 99.0 Å². The van der Waals surface area contributed by atoms with Crippen LogP contribution < -0.4 is 10.2 Å². The van der Waals surface area contributed by atoms with Crippen LogP contribution in [0, 0.1) is 0 Å². The standard InChI is InChI=1S/C63H113N2O7P/c1-7-10-13-16-19-22-25-27-28-29-30-31-32-33-34-35-36-38-41-44-47-50-53-56-63(67)72-61(54-51-48-45-42-39-24-21-18-15-12-9-3)60(59-71-73(68,69)70-58-57-65(4,5)6)64-62(66)55-52-49-46-43-40-37-26-23-20-17-14-11-8-2/h10,13,19,22,27-28,30-31,33-34,36,38,51,54,60-61H,7-9,11-12,14-18,20-21,23-26,29,32,35,37,39-50,52-53,55-59H2,1-6H3,(H-,64,66,68,69)/b13-10-,22-19-,28-27-,31-30-,34-33-,38-36-,54-51+. The van der Waals surface area contributed by atoms with Gasteiger partial charge in [-0.15, -0.1) is 0 Å². The molecule has 0 aromatic heterocycles. The van der Waals surface area contributed by atoms with Crippen molar-refractivity contribution in [2.75, 3.05) is 40.9 Å². The predicted octanol–water partition coefficient (Wildman–Crippen LogP) is 17.6. The van der Waals surface area contributed by atoms with Gasteiger partial charge in [0.1, 0.15) is 19.3 Å². The maximum Gasteiger partial charge on any atom is 0.306 e. The molecular weight excluding hydrogens is 928 g/mol. The second-order valence-corrected chi connectivity index (χ2v) is 22.5. The van der Waals surface area contributed by atoms with Gasteiger partial charge in [-0.1, -0.05) is 241 Å². The normalized spacial score (nSPS) is 14.3. The third-order valence-corrected chi connectivity index (χ3v) is 13.8. The van der Waals surface area contributed by atoms with E-state index >= 15 is 0 Å². The van der Waals surface area contributed by atoms with Crippen molar-refractivity contribution in [3.8, 4) is 0 Å². The van der Waals surface area contributed by atoms with Crippen molar-refractivity contribution in [1.82, 2.24) is 5.32 Å². The molecule has 0 saturated carbocycles. The zero-order valence-corrected chi connectivity index (χ0v) is 49.0. The molecule has 0 spiro atoms. The largest absolute Gasteiger partial charge is 0.756 e. The number of carbonyl (C=O) groups excluding carboxylic acids is 2. The molecule has 1 N–H and O–H groups in total. The predicted molar refractivity (Wildman–Crippen MR) is 311 cm³/mol. The molecule has 0 fully saturated rings. The summed E-state index contributed by atoms with van der Waals surface area (Å²) in [6.45, 7) is 6.70. The number of carbonyl (C=O) groups is 2. The molecule has 3 unspecified atom stereocenters. The van der Waals surface area contributed by atoms with Gasteiger partial charge >= 0.3 is 5.97 Å². The lowest BCUT2D eigenvalue weighted by Crippen LogP contribution is -2.47. The number of hydrogen-bond donors (Lipinski definition) is 1. The third-order valence-electron chi connectivity index (χ3n) is 12.8. The van der Waals surface area contributed by atoms with Gasteiger partial charge in [-0.25, -0.2) is 0 Å². The topological polar surface area (TPSA) is 114 Å². The molecule has 9 nitrogen and oxygen atoms in total. The van der Waals surface area contributed by atoms with E-state index in [0.29, 0.717) is 23.9 Å². The molecular formula is C63H113N2O7P. The van der Waals surface area contributed by atoms with Gasteiger partial charge in [0.2, 0.25) is 5.91 Å². The number of quaternary nitrogens is 1. The van der Waals surface area contributed by atoms with E-state index in [0.717, 1.165) is 103 Å². The zero-order valence-electron chi connectivity index (χ0n) is 48.1. The Morgan fingerprint density at radius 3 is 1.32 bits per heavy atom. The Hall–Kier alpha value is -2.81. The number of unbranched alkanes of at least 4 members (excludes halogenated alkanes) is 25. The van der Waals surface area contributed by atoms with Crippen LogP contribution in [0.1, 0.15) is 252 Å². The Bertz CT molecular complexity index is 1530. The number of amides is 1. The average Bonchev–Trinajstić information content (AvgIpc) is 3.35. The van der Waals surface area contributed by atoms with E-state index in [1.165, 1.54) is 109 Å². The molecule has 0 aliphatic carbocycles. The first kappa shape index (κ1) is 70.2. The minimum atomic E-state index is -4.70. The Balaban J connectivity index is 5.26. The van der Waals surface area contributed by atoms with Crippen molar-refractivity contribution in [2.24, 2.45) is 0 Å². The van der Waals surface area contributed by atoms with Crippen LogP contribution in [0.3, 0.4) is 0 Å². The van der Waals surface area contributed by atoms with E-state index in [4.69, 9.17) is 13.8 Å². The highest BCUT2D eigenvalue weighted by Crippen LogP contribution is 2.38. The number of rotatable bonds is 53. The number of allylic oxidation sites excluding steroid dienone is 13. The number of phosphoric acid groups is 1. The van der Waals surface area contributed by atoms with Gasteiger partial charge in [0.05, 0.1) is 33.8 Å². The molecule has 0 rings (SSSR count). The fraction of sp³-hybridized carbons (Fsp3) is 0.746. The number of phosphoric ester groups is 1. The Labute approximate surface area is 450 Å². The van der Waals surface area contributed by atoms with Crippen LogP contribution in [-0.4, -0.2) is 69.4 Å². The van der Waals surface area contributed by atoms with Crippen LogP contribution in [0.2, 0.25) is 0 Å². The summed E-state index contributed by atoms with van der Waals surface area (Å²) < 4.78 is 30.2. The van der Waals surface area contributed by atoms with Crippen LogP contribution in [0.15, 0.2) is 85.1 Å². The van der Waals surface area contributed by atoms with Crippen molar-refractivity contribution in [2.45, 2.75) is 264 Å². The van der Waals surface area contributed by atoms with Crippen LogP contribution in [0.5, 0.6) is 0 Å². The summed E-state index contributed by atoms with van der Waals surface area (Å²) in [4.78, 5) is 39.9. The third kappa shape index (κ3) is 53.8. The molecule has 0 radical (unpaired) electrons. The summed E-state index contributed by atoms with van der Waals surface area (Å²) in [5.74, 6) is -0.571. The van der Waals surface area contributed by atoms with Gasteiger partial charge < -0.3 is 28.5 Å². The fourth-order valence-electron chi connectivity index (χ4n) is 8.23. The number of likely N-dealkylation sites (N-methyl/N-ethyl adjacent to an activating group) is 1. The summed E-state index contributed by atoms with van der Waals surface area (Å²) in [6.07, 6.45) is 68.3. The highest BCUT2D eigenvalue weighted by atomic mass is 31.2. The van der Waals surface area contributed by atoms with Crippen molar-refractivity contribution < 1.29 is 37.3 Å². The Morgan fingerprint density at radius 1 is 0.493 bits per heavy atom. The smallest absolute Gasteiger partial charge is 0.306 e. The molecule has 10 heteroatoms. The summed E-state index contributed by atoms with van der Waals surface area (Å²) in [5, 5.41) is 3.01. The number of hydrogen-bond acceptors (Lipinski definition) is 7. The van der Waals surface area contributed by atoms with Gasteiger partial charge in [0.25, 0.3) is 7.82 Å². The quantitative estimate of drug-likeness (QED) is 0.0212. The van der Waals surface area contributed by atoms with Crippen LogP contribution in [-0.2, 0) is 27.9 Å². The van der Waals surface area contributed by atoms with Crippen molar-refractivity contribution in [3.63, 3.8) is 0 Å². The second kappa shape index (κ2) is 52.6. The molecule has 1 amide bonds. The zero-order chi connectivity index (χ0) is 53.6. The lowest BCUT2D eigenvalue weighted by atomic mass is 10.0. The first-order valence-electron chi connectivity index (χ1n) is 29.9. The molecule has 0 aromatic rings. The molecule has 0 heterocycles. The minimum Gasteiger partial charge on any atom is -0.756 e. The van der Waals surface area contributed by atoms with Gasteiger partial charge in [-0.3, -0.25) is 14.2 Å². The monoisotopic (exact) mass is 1040 g/mol. The first-order valence-corrected chi connectivity index (χ1v) is 31.4. The molecule has 3 atom stereocenters. The van der Waals surface area contributed by atoms with Crippen LogP contribution in [0.25, 0.3) is 0 Å². The van der Waals surface area contributed by atoms with Crippen molar-refractivity contribution in [1.29, 1.82) is 0 Å². The highest BCUT2D eigenvalue weighted by Gasteiger charge is 2.27. The first-order chi connectivity index (χ1) is 35.4. The number of nitrogens with one attached hydrogen (secondary N) is 1. The summed E-state index contributed by atoms with van der Waals surface area (Å²) in [7, 11) is 1.16. The maximum absolute atomic E-state index is 13.5. The van der Waals surface area contributed by atoms with E-state index in [1.807, 2.05) is 33.3 Å². The van der Waals surface area contributed by atoms with E-state index in [9.17, 15) is 19.0 Å². The van der Waals surface area contributed by atoms with Crippen molar-refractivity contribution >= 4 is 19.7 Å². The Morgan fingerprint density at radius 2 is 0.877 bits per heavy atom. The molecule has 0 aliphatic rings. The molecule has 0 aromatic carbocycles. The second-order valence-electron chi connectivity index (χ2n) is 21.1. The minimum absolute atomic E-state index is 0.0290. The van der Waals surface area contributed by atoms with Crippen molar-refractivity contribution in [3.05, 3.63) is 85.1 Å². The molecule has 0 saturated heterocycles. The summed E-state index contributed by atoms with van der Waals surface area (Å²) >= 11 is 0. The summed E-state index contributed by atoms with van der Waals surface area (Å²) in [6, 6.07) is -0.900. The van der Waals surface area contributed by atoms with Crippen LogP contribution in [0.4, 0.5) is 0 Å². The van der Waals surface area contributed by atoms with Gasteiger partial charge in [-0.2, -0.15) is 0 Å². The van der Waals surface area contributed by atoms with Gasteiger partial charge in [0, 0.05) is 12.8 Å². The van der Waals surface area contributed by atoms with Gasteiger partial charge in [-0.05, 0) is 83.1 Å². The number of nitrogens with zero attached hydrogens (tertiary/aromatic N) is 1. The molecule has 422 valence electrons. The highest BCUT2D eigenvalue weighted by molar-refractivity contribution is 7.45. The molecule has 0 aliphatic heterocycles. The lowest BCUT2D eigenvalue weighted by molar-refractivity contribution is -0.870. The maximum atomic E-state index is 13.5. The van der Waals surface area contributed by atoms with E-state index in [1.54, 1.807) is 0 Å². The molecule has 73 heavy (non-hydrogen) atoms. The molecule has 0 bridgehead atoms. The van der Waals surface area contributed by atoms with Gasteiger partial charge in [0.15, 0.2) is 0 Å². The number of ether oxygens (including phenoxy) is 1. The average molecular weight is 1040 g/mol. The SMILES string of the molecule is CC/C=C\C/C=C\C/C=C\C/C=C\C/C=C\C/C=C\CCCCCCC(=O)OC(/C=C/CCCCCCCCCCC)C(COP(=O)([O-])OCC[N+](C)(C)C)NC(=O)CCCCCCCCCCCCCCC. The van der Waals surface area contributed by atoms with Crippen LogP contribution >= 0.6 is 7.82 Å². The Kier molecular flexibility index (Phi) is 50.6. The van der Waals surface area contributed by atoms with E-state index in [-0.39, 0.29) is 24.9 Å². The number of esters is 1.